The van der Waals surface area contributed by atoms with Gasteiger partial charge in [-0.25, -0.2) is 0 Å². The largest absolute Gasteiger partial charge is 0.458 e. The monoisotopic (exact) mass is 409 g/mol. The van der Waals surface area contributed by atoms with Crippen LogP contribution in [-0.4, -0.2) is 33.6 Å². The first-order valence-electron chi connectivity index (χ1n) is 8.26. The van der Waals surface area contributed by atoms with Gasteiger partial charge >= 0.3 is 12.0 Å². The number of amides is 1. The van der Waals surface area contributed by atoms with Gasteiger partial charge in [0.05, 0.1) is 17.1 Å². The van der Waals surface area contributed by atoms with Crippen LogP contribution >= 0.6 is 0 Å². The molecular weight excluding hydrogens is 395 g/mol. The molecule has 29 heavy (non-hydrogen) atoms. The Balaban J connectivity index is 1.70. The van der Waals surface area contributed by atoms with Crippen LogP contribution in [0, 0.1) is 10.1 Å². The van der Waals surface area contributed by atoms with Gasteiger partial charge in [0.2, 0.25) is 0 Å². The second-order valence-corrected chi connectivity index (χ2v) is 6.25. The van der Waals surface area contributed by atoms with Crippen LogP contribution in [0.4, 0.5) is 18.9 Å². The average Bonchev–Trinajstić information content (AvgIpc) is 3.10. The summed E-state index contributed by atoms with van der Waals surface area (Å²) in [5.41, 5.74) is 0.235. The highest BCUT2D eigenvalue weighted by atomic mass is 19.4. The van der Waals surface area contributed by atoms with Crippen LogP contribution in [0.2, 0.25) is 0 Å². The minimum Gasteiger partial charge on any atom is -0.350 e. The lowest BCUT2D eigenvalue weighted by Gasteiger charge is -2.22. The maximum atomic E-state index is 12.8. The van der Waals surface area contributed by atoms with Gasteiger partial charge in [-0.1, -0.05) is 35.5 Å². The average molecular weight is 409 g/mol. The van der Waals surface area contributed by atoms with Crippen molar-refractivity contribution in [2.75, 3.05) is 0 Å². The fraction of sp³-hybridized carbons (Fsp3) is 0.222. The summed E-state index contributed by atoms with van der Waals surface area (Å²) in [6.07, 6.45) is -5.88. The highest BCUT2D eigenvalue weighted by molar-refractivity contribution is 6.01. The van der Waals surface area contributed by atoms with Crippen molar-refractivity contribution in [3.63, 3.8) is 0 Å². The van der Waals surface area contributed by atoms with Gasteiger partial charge < -0.3 is 15.3 Å². The number of aliphatic hydroxyl groups is 1. The zero-order valence-corrected chi connectivity index (χ0v) is 14.6. The normalized spacial score (nSPS) is 18.7. The molecule has 1 aliphatic rings. The number of carbonyl (C=O) groups is 1. The number of nitrogens with zero attached hydrogens (tertiary/aromatic N) is 2. The Morgan fingerprint density at radius 3 is 2.66 bits per heavy atom. The summed E-state index contributed by atoms with van der Waals surface area (Å²) in [5, 5.41) is 26.4. The van der Waals surface area contributed by atoms with Crippen LogP contribution < -0.4 is 5.32 Å². The minimum atomic E-state index is -5.01. The molecule has 1 amide bonds. The molecule has 0 saturated carbocycles. The first-order chi connectivity index (χ1) is 13.6. The molecule has 0 spiro atoms. The Bertz CT molecular complexity index is 993. The highest BCUT2D eigenvalue weighted by Crippen LogP contribution is 2.38. The molecule has 1 aliphatic heterocycles. The predicted octanol–water partition coefficient (Wildman–Crippen LogP) is 2.90. The molecule has 11 heteroatoms. The Morgan fingerprint density at radius 2 is 2.00 bits per heavy atom. The quantitative estimate of drug-likeness (QED) is 0.582. The van der Waals surface area contributed by atoms with Crippen molar-refractivity contribution in [2.45, 2.75) is 24.9 Å². The summed E-state index contributed by atoms with van der Waals surface area (Å²) >= 11 is 0. The smallest absolute Gasteiger partial charge is 0.350 e. The van der Waals surface area contributed by atoms with Crippen molar-refractivity contribution in [3.05, 3.63) is 75.3 Å². The summed E-state index contributed by atoms with van der Waals surface area (Å²) in [6.45, 7) is -0.0314. The summed E-state index contributed by atoms with van der Waals surface area (Å²) < 4.78 is 38.5. The van der Waals surface area contributed by atoms with E-state index in [9.17, 15) is 33.2 Å². The number of benzene rings is 2. The third-order valence-electron chi connectivity index (χ3n) is 4.22. The minimum absolute atomic E-state index is 0.0314. The van der Waals surface area contributed by atoms with Crippen LogP contribution in [0.5, 0.6) is 0 Å². The molecule has 0 radical (unpaired) electrons. The molecule has 2 aromatic rings. The zero-order chi connectivity index (χ0) is 21.2. The van der Waals surface area contributed by atoms with E-state index in [2.05, 4.69) is 15.3 Å². The molecular formula is C18H14F3N3O5. The second kappa shape index (κ2) is 7.51. The molecule has 0 bridgehead atoms. The lowest BCUT2D eigenvalue weighted by molar-refractivity contribution is -0.385. The molecule has 2 N–H and O–H groups in total. The molecule has 1 heterocycles. The topological polar surface area (TPSA) is 114 Å². The molecule has 1 unspecified atom stereocenters. The van der Waals surface area contributed by atoms with Crippen LogP contribution in [0.1, 0.15) is 27.9 Å². The summed E-state index contributed by atoms with van der Waals surface area (Å²) in [4.78, 5) is 26.8. The van der Waals surface area contributed by atoms with Crippen LogP contribution in [0.3, 0.4) is 0 Å². The fourth-order valence-electron chi connectivity index (χ4n) is 2.69. The first kappa shape index (κ1) is 20.3. The third kappa shape index (κ3) is 4.19. The molecule has 0 fully saturated rings. The van der Waals surface area contributed by atoms with Gasteiger partial charge in [0.25, 0.3) is 11.6 Å². The number of hydrogen-bond acceptors (Lipinski definition) is 6. The van der Waals surface area contributed by atoms with E-state index in [1.165, 1.54) is 42.5 Å². The van der Waals surface area contributed by atoms with Crippen molar-refractivity contribution in [1.29, 1.82) is 0 Å². The van der Waals surface area contributed by atoms with Gasteiger partial charge in [0, 0.05) is 12.6 Å². The van der Waals surface area contributed by atoms with E-state index in [4.69, 9.17) is 0 Å². The number of hydrogen-bond donors (Lipinski definition) is 2. The van der Waals surface area contributed by atoms with Gasteiger partial charge in [0.15, 0.2) is 0 Å². The van der Waals surface area contributed by atoms with Gasteiger partial charge in [-0.05, 0) is 23.3 Å². The van der Waals surface area contributed by atoms with E-state index in [1.807, 2.05) is 0 Å². The van der Waals surface area contributed by atoms with Gasteiger partial charge in [-0.15, -0.1) is 0 Å². The molecule has 0 aliphatic carbocycles. The Hall–Kier alpha value is -3.47. The number of rotatable bonds is 5. The standard InChI is InChI=1S/C18H14F3N3O5/c19-18(20,21)17(26)9-14(23-29-17)12-5-3-4-11(8-12)10-22-16(25)13-6-1-2-7-15(13)24(27)28/h1-8,26H,9-10H2,(H,22,25). The zero-order valence-electron chi connectivity index (χ0n) is 14.6. The maximum Gasteiger partial charge on any atom is 0.458 e. The van der Waals surface area contributed by atoms with Crippen molar-refractivity contribution in [1.82, 2.24) is 5.32 Å². The molecule has 152 valence electrons. The van der Waals surface area contributed by atoms with Crippen molar-refractivity contribution >= 4 is 17.3 Å². The highest BCUT2D eigenvalue weighted by Gasteiger charge is 2.60. The fourth-order valence-corrected chi connectivity index (χ4v) is 2.69. The molecule has 3 rings (SSSR count). The molecule has 0 saturated heterocycles. The molecule has 8 nitrogen and oxygen atoms in total. The van der Waals surface area contributed by atoms with E-state index in [-0.39, 0.29) is 29.1 Å². The molecule has 0 aromatic heterocycles. The van der Waals surface area contributed by atoms with Gasteiger partial charge in [-0.3, -0.25) is 14.9 Å². The van der Waals surface area contributed by atoms with E-state index in [0.717, 1.165) is 0 Å². The van der Waals surface area contributed by atoms with Crippen LogP contribution in [0.15, 0.2) is 53.7 Å². The number of nitro benzene ring substituents is 1. The van der Waals surface area contributed by atoms with Crippen LogP contribution in [-0.2, 0) is 11.4 Å². The number of nitro groups is 1. The second-order valence-electron chi connectivity index (χ2n) is 6.25. The van der Waals surface area contributed by atoms with Crippen molar-refractivity contribution < 1.29 is 32.8 Å². The number of oxime groups is 1. The van der Waals surface area contributed by atoms with Crippen molar-refractivity contribution in [3.8, 4) is 0 Å². The van der Waals surface area contributed by atoms with Crippen LogP contribution in [0.25, 0.3) is 0 Å². The molecule has 1 atom stereocenters. The van der Waals surface area contributed by atoms with Gasteiger partial charge in [-0.2, -0.15) is 13.2 Å². The van der Waals surface area contributed by atoms with E-state index in [1.54, 1.807) is 6.07 Å². The third-order valence-corrected chi connectivity index (χ3v) is 4.22. The summed E-state index contributed by atoms with van der Waals surface area (Å²) in [7, 11) is 0. The van der Waals surface area contributed by atoms with Gasteiger partial charge in [0.1, 0.15) is 5.56 Å². The number of halogens is 3. The maximum absolute atomic E-state index is 12.8. The first-order valence-corrected chi connectivity index (χ1v) is 8.26. The summed E-state index contributed by atoms with van der Waals surface area (Å²) in [6, 6.07) is 11.5. The van der Waals surface area contributed by atoms with Crippen molar-refractivity contribution in [2.24, 2.45) is 5.16 Å². The van der Waals surface area contributed by atoms with E-state index >= 15 is 0 Å². The Morgan fingerprint density at radius 1 is 1.28 bits per heavy atom. The van der Waals surface area contributed by atoms with E-state index < -0.39 is 29.2 Å². The Labute approximate surface area is 161 Å². The van der Waals surface area contributed by atoms with E-state index in [0.29, 0.717) is 5.56 Å². The molecule has 2 aromatic carbocycles. The SMILES string of the molecule is O=C(NCc1cccc(C2=NOC(O)(C(F)(F)F)C2)c1)c1ccccc1[N+](=O)[O-]. The Kier molecular flexibility index (Phi) is 5.25. The summed E-state index contributed by atoms with van der Waals surface area (Å²) in [5.74, 6) is -4.05. The number of para-hydroxylation sites is 1. The lowest BCUT2D eigenvalue weighted by atomic mass is 10.0. The number of alkyl halides is 3. The lowest BCUT2D eigenvalue weighted by Crippen LogP contribution is -2.45. The number of carbonyl (C=O) groups excluding carboxylic acids is 1. The predicted molar refractivity (Wildman–Crippen MR) is 94.0 cm³/mol. The number of nitrogens with one attached hydrogen (secondary N) is 1.